The summed E-state index contributed by atoms with van der Waals surface area (Å²) in [6.07, 6.45) is -0.656. The lowest BCUT2D eigenvalue weighted by Crippen LogP contribution is -2.48. The Morgan fingerprint density at radius 1 is 0.977 bits per heavy atom. The van der Waals surface area contributed by atoms with Crippen LogP contribution in [0.5, 0.6) is 5.75 Å². The number of nitrogens with one attached hydrogen (secondary N) is 2. The molecule has 2 amide bonds. The second-order valence-corrected chi connectivity index (χ2v) is 11.4. The number of aliphatic hydroxyl groups is 1. The first-order valence-corrected chi connectivity index (χ1v) is 14.9. The van der Waals surface area contributed by atoms with E-state index in [2.05, 4.69) is 15.6 Å². The maximum atomic E-state index is 13.5. The van der Waals surface area contributed by atoms with E-state index in [1.165, 1.54) is 34.4 Å². The van der Waals surface area contributed by atoms with Gasteiger partial charge in [-0.25, -0.2) is 9.78 Å². The fourth-order valence-electron chi connectivity index (χ4n) is 4.67. The minimum absolute atomic E-state index is 0.00124. The van der Waals surface area contributed by atoms with Gasteiger partial charge >= 0.3 is 5.97 Å². The molecule has 4 aromatic rings. The van der Waals surface area contributed by atoms with Crippen LogP contribution in [0.2, 0.25) is 0 Å². The third-order valence-corrected chi connectivity index (χ3v) is 7.92. The number of carbonyl (C=O) groups is 3. The molecule has 0 bridgehead atoms. The van der Waals surface area contributed by atoms with Crippen LogP contribution in [0, 0.1) is 6.92 Å². The molecule has 11 heteroatoms. The summed E-state index contributed by atoms with van der Waals surface area (Å²) in [7, 11) is 3.19. The number of aromatic carboxylic acids is 1. The Balaban J connectivity index is 1.51. The van der Waals surface area contributed by atoms with Gasteiger partial charge in [0.15, 0.2) is 0 Å². The van der Waals surface area contributed by atoms with Gasteiger partial charge in [0.1, 0.15) is 10.8 Å². The minimum Gasteiger partial charge on any atom is -0.497 e. The zero-order valence-electron chi connectivity index (χ0n) is 24.8. The van der Waals surface area contributed by atoms with Crippen molar-refractivity contribution in [3.63, 3.8) is 0 Å². The molecule has 0 spiro atoms. The number of nitrogens with zero attached hydrogens (tertiary/aromatic N) is 2. The summed E-state index contributed by atoms with van der Waals surface area (Å²) >= 11 is 1.42. The lowest BCUT2D eigenvalue weighted by molar-refractivity contribution is 0.0696. The van der Waals surface area contributed by atoms with Gasteiger partial charge < -0.3 is 30.5 Å². The zero-order valence-corrected chi connectivity index (χ0v) is 25.6. The third-order valence-electron chi connectivity index (χ3n) is 6.97. The van der Waals surface area contributed by atoms with Gasteiger partial charge in [0, 0.05) is 42.3 Å². The van der Waals surface area contributed by atoms with Crippen molar-refractivity contribution in [2.45, 2.75) is 38.6 Å². The molecule has 1 heterocycles. The molecule has 0 aliphatic rings. The predicted octanol–water partition coefficient (Wildman–Crippen LogP) is 3.92. The Labute approximate surface area is 260 Å². The predicted molar refractivity (Wildman–Crippen MR) is 168 cm³/mol. The topological polar surface area (TPSA) is 141 Å². The van der Waals surface area contributed by atoms with Crippen molar-refractivity contribution in [3.8, 4) is 5.75 Å². The third kappa shape index (κ3) is 8.96. The Morgan fingerprint density at radius 2 is 1.68 bits per heavy atom. The molecular weight excluding hydrogens is 580 g/mol. The van der Waals surface area contributed by atoms with Gasteiger partial charge in [0.2, 0.25) is 0 Å². The summed E-state index contributed by atoms with van der Waals surface area (Å²) < 4.78 is 5.27. The quantitative estimate of drug-likeness (QED) is 0.167. The average Bonchev–Trinajstić information content (AvgIpc) is 3.44. The molecule has 0 saturated heterocycles. The number of carbonyl (C=O) groups excluding carboxylic acids is 2. The molecule has 1 aromatic heterocycles. The maximum Gasteiger partial charge on any atom is 0.335 e. The summed E-state index contributed by atoms with van der Waals surface area (Å²) in [4.78, 5) is 44.6. The number of methoxy groups -OCH3 is 1. The number of thiazole rings is 1. The largest absolute Gasteiger partial charge is 0.497 e. The molecular formula is C33H36N4O6S. The summed E-state index contributed by atoms with van der Waals surface area (Å²) in [5.74, 6) is -1.59. The molecule has 1 unspecified atom stereocenters. The highest BCUT2D eigenvalue weighted by Gasteiger charge is 2.25. The number of amides is 2. The first-order valence-electron chi connectivity index (χ1n) is 14.0. The fraction of sp³-hybridized carbons (Fsp3) is 0.273. The molecule has 0 radical (unpaired) electrons. The monoisotopic (exact) mass is 616 g/mol. The lowest BCUT2D eigenvalue weighted by Gasteiger charge is -2.25. The van der Waals surface area contributed by atoms with Crippen molar-refractivity contribution in [1.82, 2.24) is 20.5 Å². The molecule has 0 fully saturated rings. The number of carboxylic acid groups (broad SMARTS) is 1. The van der Waals surface area contributed by atoms with Crippen molar-refractivity contribution in [3.05, 3.63) is 117 Å². The van der Waals surface area contributed by atoms with Gasteiger partial charge in [0.05, 0.1) is 31.4 Å². The number of aromatic nitrogens is 1. The number of ether oxygens (including phenoxy) is 1. The number of hydrogen-bond donors (Lipinski definition) is 4. The summed E-state index contributed by atoms with van der Waals surface area (Å²) in [5, 5.41) is 29.7. The van der Waals surface area contributed by atoms with Crippen molar-refractivity contribution in [1.29, 1.82) is 0 Å². The number of carboxylic acids is 1. The highest BCUT2D eigenvalue weighted by molar-refractivity contribution is 7.09. The van der Waals surface area contributed by atoms with Crippen molar-refractivity contribution < 1.29 is 29.3 Å². The van der Waals surface area contributed by atoms with Crippen molar-refractivity contribution in [2.24, 2.45) is 0 Å². The van der Waals surface area contributed by atoms with Crippen LogP contribution in [0.15, 0.2) is 78.2 Å². The molecule has 230 valence electrons. The van der Waals surface area contributed by atoms with E-state index in [-0.39, 0.29) is 29.8 Å². The lowest BCUT2D eigenvalue weighted by atomic mass is 9.99. The number of hydrogen-bond acceptors (Lipinski definition) is 8. The average molecular weight is 617 g/mol. The van der Waals surface area contributed by atoms with E-state index < -0.39 is 29.9 Å². The van der Waals surface area contributed by atoms with E-state index in [1.54, 1.807) is 14.2 Å². The Kier molecular flexibility index (Phi) is 11.2. The number of aryl methyl sites for hydroxylation is 1. The molecule has 0 saturated carbocycles. The van der Waals surface area contributed by atoms with Crippen LogP contribution >= 0.6 is 11.3 Å². The van der Waals surface area contributed by atoms with E-state index >= 15 is 0 Å². The van der Waals surface area contributed by atoms with Gasteiger partial charge in [0.25, 0.3) is 11.8 Å². The maximum absolute atomic E-state index is 13.5. The van der Waals surface area contributed by atoms with Crippen LogP contribution < -0.4 is 15.4 Å². The van der Waals surface area contributed by atoms with E-state index in [0.717, 1.165) is 27.6 Å². The fourth-order valence-corrected chi connectivity index (χ4v) is 5.49. The van der Waals surface area contributed by atoms with Crippen LogP contribution in [-0.2, 0) is 19.5 Å². The van der Waals surface area contributed by atoms with E-state index in [1.807, 2.05) is 66.9 Å². The van der Waals surface area contributed by atoms with Crippen LogP contribution in [0.1, 0.15) is 52.9 Å². The molecule has 2 atom stereocenters. The van der Waals surface area contributed by atoms with Crippen molar-refractivity contribution in [2.75, 3.05) is 20.7 Å². The van der Waals surface area contributed by atoms with Crippen LogP contribution in [0.3, 0.4) is 0 Å². The molecule has 10 nitrogen and oxygen atoms in total. The molecule has 0 aliphatic heterocycles. The number of aliphatic hydroxyl groups excluding tert-OH is 1. The van der Waals surface area contributed by atoms with Gasteiger partial charge in [-0.15, -0.1) is 11.3 Å². The van der Waals surface area contributed by atoms with Gasteiger partial charge in [-0.05, 0) is 54.8 Å². The summed E-state index contributed by atoms with van der Waals surface area (Å²) in [5.41, 5.74) is 2.59. The molecule has 4 rings (SSSR count). The number of benzene rings is 3. The highest BCUT2D eigenvalue weighted by atomic mass is 32.1. The van der Waals surface area contributed by atoms with E-state index in [0.29, 0.717) is 13.0 Å². The zero-order chi connectivity index (χ0) is 31.6. The summed E-state index contributed by atoms with van der Waals surface area (Å²) in [6, 6.07) is 20.1. The molecule has 44 heavy (non-hydrogen) atoms. The Bertz CT molecular complexity index is 1590. The standard InChI is InChI=1S/C33H36N4O6S/c1-21-20-44-30(35-21)19-37(2)32(40)25-14-24(15-26(16-25)33(41)42)31(39)36-28(13-22-8-5-4-6-9-22)29(38)18-34-17-23-10-7-11-27(12-23)43-3/h4-12,14-16,20,28-29,34,38H,13,17-19H2,1-3H3,(H,36,39)(H,41,42)/t28?,29-/m1/s1. The van der Waals surface area contributed by atoms with E-state index in [9.17, 15) is 24.6 Å². The molecule has 4 N–H and O–H groups in total. The SMILES string of the molecule is COc1cccc(CNC[C@@H](O)C(Cc2ccccc2)NC(=O)c2cc(C(=O)O)cc(C(=O)N(C)Cc3nc(C)cs3)c2)c1. The highest BCUT2D eigenvalue weighted by Crippen LogP contribution is 2.17. The second-order valence-electron chi connectivity index (χ2n) is 10.5. The van der Waals surface area contributed by atoms with Gasteiger partial charge in [-0.2, -0.15) is 0 Å². The van der Waals surface area contributed by atoms with Crippen LogP contribution in [0.4, 0.5) is 0 Å². The second kappa shape index (κ2) is 15.2. The Morgan fingerprint density at radius 3 is 2.36 bits per heavy atom. The first-order chi connectivity index (χ1) is 21.1. The van der Waals surface area contributed by atoms with Crippen LogP contribution in [-0.4, -0.2) is 70.7 Å². The minimum atomic E-state index is -1.27. The normalized spacial score (nSPS) is 12.3. The number of rotatable bonds is 14. The molecule has 3 aromatic carbocycles. The first kappa shape index (κ1) is 32.3. The molecule has 0 aliphatic carbocycles. The van der Waals surface area contributed by atoms with Crippen molar-refractivity contribution >= 4 is 29.1 Å². The van der Waals surface area contributed by atoms with Gasteiger partial charge in [-0.3, -0.25) is 9.59 Å². The van der Waals surface area contributed by atoms with Gasteiger partial charge in [-0.1, -0.05) is 42.5 Å². The van der Waals surface area contributed by atoms with Crippen LogP contribution in [0.25, 0.3) is 0 Å². The smallest absolute Gasteiger partial charge is 0.335 e. The van der Waals surface area contributed by atoms with E-state index in [4.69, 9.17) is 4.74 Å². The Hall–Kier alpha value is -4.58. The summed E-state index contributed by atoms with van der Waals surface area (Å²) in [6.45, 7) is 2.75.